The van der Waals surface area contributed by atoms with Crippen molar-refractivity contribution in [2.45, 2.75) is 24.2 Å². The lowest BCUT2D eigenvalue weighted by molar-refractivity contribution is -0.123. The maximum Gasteiger partial charge on any atom is 0.324 e. The number of hydrogen-bond acceptors (Lipinski definition) is 4. The van der Waals surface area contributed by atoms with Crippen molar-refractivity contribution in [1.82, 2.24) is 5.32 Å². The Balaban J connectivity index is 2.85. The van der Waals surface area contributed by atoms with Gasteiger partial charge in [-0.05, 0) is 13.0 Å². The normalized spacial score (nSPS) is 12.8. The molecule has 0 spiro atoms. The molecule has 20 heavy (non-hydrogen) atoms. The Labute approximate surface area is 120 Å². The fourth-order valence-corrected chi connectivity index (χ4v) is 3.76. The highest BCUT2D eigenvalue weighted by atomic mass is 35.7. The van der Waals surface area contributed by atoms with Crippen molar-refractivity contribution in [3.8, 4) is 0 Å². The summed E-state index contributed by atoms with van der Waals surface area (Å²) in [5.41, 5.74) is 0. The van der Waals surface area contributed by atoms with Crippen LogP contribution in [0, 0.1) is 6.92 Å². The standard InChI is InChI=1S/C9H8ClF4NO3S2/c1-4-6(20(10,17)18)2-5(19-4)7(16)15-3-9(13,14)8(11)12/h2,8H,3H2,1H3,(H,15,16). The van der Waals surface area contributed by atoms with Crippen LogP contribution in [-0.4, -0.2) is 33.2 Å². The van der Waals surface area contributed by atoms with Crippen molar-refractivity contribution in [2.75, 3.05) is 6.54 Å². The maximum atomic E-state index is 12.6. The molecular weight excluding hydrogens is 346 g/mol. The van der Waals surface area contributed by atoms with E-state index in [1.165, 1.54) is 6.92 Å². The first kappa shape index (κ1) is 17.2. The number of hydrogen-bond donors (Lipinski definition) is 1. The minimum atomic E-state index is -4.36. The molecule has 0 atom stereocenters. The fraction of sp³-hybridized carbons (Fsp3) is 0.444. The molecule has 0 saturated heterocycles. The van der Waals surface area contributed by atoms with E-state index in [9.17, 15) is 30.8 Å². The number of thiophene rings is 1. The summed E-state index contributed by atoms with van der Waals surface area (Å²) in [6.45, 7) is -0.187. The second-order valence-corrected chi connectivity index (χ2v) is 7.50. The molecule has 0 bridgehead atoms. The van der Waals surface area contributed by atoms with Crippen LogP contribution >= 0.6 is 22.0 Å². The number of alkyl halides is 4. The highest BCUT2D eigenvalue weighted by Gasteiger charge is 2.41. The molecule has 1 N–H and O–H groups in total. The van der Waals surface area contributed by atoms with Gasteiger partial charge in [0.2, 0.25) is 0 Å². The molecule has 0 aromatic carbocycles. The van der Waals surface area contributed by atoms with Gasteiger partial charge in [-0.3, -0.25) is 4.79 Å². The summed E-state index contributed by atoms with van der Waals surface area (Å²) < 4.78 is 71.3. The third kappa shape index (κ3) is 4.06. The smallest absolute Gasteiger partial charge is 0.324 e. The van der Waals surface area contributed by atoms with Crippen LogP contribution in [0.15, 0.2) is 11.0 Å². The molecule has 0 saturated carbocycles. The number of carbonyl (C=O) groups excluding carboxylic acids is 1. The van der Waals surface area contributed by atoms with E-state index in [4.69, 9.17) is 10.7 Å². The van der Waals surface area contributed by atoms with Crippen LogP contribution in [0.3, 0.4) is 0 Å². The Morgan fingerprint density at radius 2 is 2.05 bits per heavy atom. The van der Waals surface area contributed by atoms with Crippen LogP contribution in [0.4, 0.5) is 17.6 Å². The molecule has 1 heterocycles. The lowest BCUT2D eigenvalue weighted by atomic mass is 10.3. The summed E-state index contributed by atoms with van der Waals surface area (Å²) in [7, 11) is 1.03. The average Bonchev–Trinajstić information content (AvgIpc) is 2.68. The molecule has 0 fully saturated rings. The van der Waals surface area contributed by atoms with Crippen LogP contribution in [-0.2, 0) is 9.05 Å². The van der Waals surface area contributed by atoms with Gasteiger partial charge in [0.15, 0.2) is 0 Å². The predicted octanol–water partition coefficient (Wildman–Crippen LogP) is 2.61. The Morgan fingerprint density at radius 3 is 2.45 bits per heavy atom. The summed E-state index contributed by atoms with van der Waals surface area (Å²) in [5, 5.41) is 1.62. The molecule has 0 aliphatic carbocycles. The van der Waals surface area contributed by atoms with Gasteiger partial charge < -0.3 is 5.32 Å². The minimum absolute atomic E-state index is 0.186. The predicted molar refractivity (Wildman–Crippen MR) is 65.4 cm³/mol. The lowest BCUT2D eigenvalue weighted by Gasteiger charge is -2.15. The second-order valence-electron chi connectivity index (χ2n) is 3.71. The van der Waals surface area contributed by atoms with E-state index < -0.39 is 33.9 Å². The molecule has 4 nitrogen and oxygen atoms in total. The van der Waals surface area contributed by atoms with E-state index in [2.05, 4.69) is 0 Å². The first-order chi connectivity index (χ1) is 8.95. The molecular formula is C9H8ClF4NO3S2. The molecule has 1 rings (SSSR count). The van der Waals surface area contributed by atoms with Gasteiger partial charge in [-0.2, -0.15) is 8.78 Å². The van der Waals surface area contributed by atoms with Crippen molar-refractivity contribution in [2.24, 2.45) is 0 Å². The van der Waals surface area contributed by atoms with Gasteiger partial charge in [0.1, 0.15) is 0 Å². The monoisotopic (exact) mass is 353 g/mol. The molecule has 1 aromatic heterocycles. The van der Waals surface area contributed by atoms with Crippen LogP contribution in [0.1, 0.15) is 14.5 Å². The zero-order valence-electron chi connectivity index (χ0n) is 9.79. The van der Waals surface area contributed by atoms with Gasteiger partial charge in [0.05, 0.1) is 16.3 Å². The summed E-state index contributed by atoms with van der Waals surface area (Å²) in [5.74, 6) is -5.44. The van der Waals surface area contributed by atoms with Gasteiger partial charge >= 0.3 is 12.3 Å². The van der Waals surface area contributed by atoms with Crippen molar-refractivity contribution in [1.29, 1.82) is 0 Å². The lowest BCUT2D eigenvalue weighted by Crippen LogP contribution is -2.41. The first-order valence-electron chi connectivity index (χ1n) is 4.94. The zero-order valence-corrected chi connectivity index (χ0v) is 12.2. The number of amides is 1. The molecule has 11 heteroatoms. The minimum Gasteiger partial charge on any atom is -0.345 e. The van der Waals surface area contributed by atoms with E-state index in [1.54, 1.807) is 5.32 Å². The fourth-order valence-electron chi connectivity index (χ4n) is 1.18. The highest BCUT2D eigenvalue weighted by Crippen LogP contribution is 2.28. The van der Waals surface area contributed by atoms with Crippen molar-refractivity contribution in [3.63, 3.8) is 0 Å². The molecule has 0 aliphatic heterocycles. The van der Waals surface area contributed by atoms with Gasteiger partial charge in [-0.1, -0.05) is 0 Å². The topological polar surface area (TPSA) is 63.2 Å². The van der Waals surface area contributed by atoms with E-state index >= 15 is 0 Å². The van der Waals surface area contributed by atoms with Gasteiger partial charge in [-0.15, -0.1) is 11.3 Å². The molecule has 0 unspecified atom stereocenters. The third-order valence-electron chi connectivity index (χ3n) is 2.16. The SMILES string of the molecule is Cc1sc(C(=O)NCC(F)(F)C(F)F)cc1S(=O)(=O)Cl. The Hall–Kier alpha value is -0.870. The highest BCUT2D eigenvalue weighted by molar-refractivity contribution is 8.13. The quantitative estimate of drug-likeness (QED) is 0.654. The van der Waals surface area contributed by atoms with Crippen molar-refractivity contribution >= 4 is 37.0 Å². The number of carbonyl (C=O) groups is 1. The largest absolute Gasteiger partial charge is 0.345 e. The zero-order chi connectivity index (χ0) is 15.7. The molecule has 0 radical (unpaired) electrons. The maximum absolute atomic E-state index is 12.6. The Bertz CT molecular complexity index is 615. The van der Waals surface area contributed by atoms with E-state index in [0.717, 1.165) is 6.07 Å². The van der Waals surface area contributed by atoms with Crippen LogP contribution in [0.25, 0.3) is 0 Å². The molecule has 0 aliphatic rings. The number of nitrogens with one attached hydrogen (secondary N) is 1. The van der Waals surface area contributed by atoms with Crippen molar-refractivity contribution in [3.05, 3.63) is 15.8 Å². The van der Waals surface area contributed by atoms with Crippen LogP contribution < -0.4 is 5.32 Å². The molecule has 1 amide bonds. The second kappa shape index (κ2) is 5.86. The summed E-state index contributed by atoms with van der Waals surface area (Å²) in [6, 6.07) is 0.901. The van der Waals surface area contributed by atoms with E-state index in [1.807, 2.05) is 0 Å². The van der Waals surface area contributed by atoms with E-state index in [0.29, 0.717) is 11.3 Å². The van der Waals surface area contributed by atoms with Gasteiger partial charge in [-0.25, -0.2) is 17.2 Å². The molecule has 1 aromatic rings. The summed E-state index contributed by atoms with van der Waals surface area (Å²) in [4.78, 5) is 11.1. The summed E-state index contributed by atoms with van der Waals surface area (Å²) in [6.07, 6.45) is -3.91. The van der Waals surface area contributed by atoms with E-state index in [-0.39, 0.29) is 14.6 Å². The van der Waals surface area contributed by atoms with Gasteiger partial charge in [0.25, 0.3) is 15.0 Å². The average molecular weight is 354 g/mol. The van der Waals surface area contributed by atoms with Crippen LogP contribution in [0.5, 0.6) is 0 Å². The van der Waals surface area contributed by atoms with Crippen molar-refractivity contribution < 1.29 is 30.8 Å². The van der Waals surface area contributed by atoms with Crippen LogP contribution in [0.2, 0.25) is 0 Å². The third-order valence-corrected chi connectivity index (χ3v) is 4.79. The number of rotatable bonds is 5. The van der Waals surface area contributed by atoms with Gasteiger partial charge in [0, 0.05) is 15.6 Å². The summed E-state index contributed by atoms with van der Waals surface area (Å²) >= 11 is 0.700. The Morgan fingerprint density at radius 1 is 1.50 bits per heavy atom. The number of aryl methyl sites for hydroxylation is 1. The number of halogens is 5. The first-order valence-corrected chi connectivity index (χ1v) is 8.07. The molecule has 114 valence electrons. The Kier molecular flexibility index (Phi) is 5.03.